The van der Waals surface area contributed by atoms with Gasteiger partial charge in [-0.05, 0) is 173 Å². The van der Waals surface area contributed by atoms with Crippen LogP contribution < -0.4 is 4.90 Å². The fourth-order valence-electron chi connectivity index (χ4n) is 14.1. The Morgan fingerprint density at radius 2 is 0.769 bits per heavy atom. The molecule has 0 unspecified atom stereocenters. The minimum atomic E-state index is -0.396. The van der Waals surface area contributed by atoms with Crippen LogP contribution in [-0.4, -0.2) is 4.57 Å². The van der Waals surface area contributed by atoms with Crippen LogP contribution in [-0.2, 0) is 10.8 Å². The van der Waals surface area contributed by atoms with E-state index in [0.29, 0.717) is 0 Å². The first-order chi connectivity index (χ1) is 38.4. The van der Waals surface area contributed by atoms with Gasteiger partial charge in [0.2, 0.25) is 0 Å². The number of nitrogens with zero attached hydrogens (tertiary/aromatic N) is 2. The van der Waals surface area contributed by atoms with E-state index in [1.807, 2.05) is 0 Å². The fraction of sp³-hybridized carbons (Fsp3) is 0.0526. The van der Waals surface area contributed by atoms with E-state index in [0.717, 1.165) is 28.3 Å². The van der Waals surface area contributed by atoms with Crippen molar-refractivity contribution in [3.63, 3.8) is 0 Å². The summed E-state index contributed by atoms with van der Waals surface area (Å²) in [7, 11) is 0. The van der Waals surface area contributed by atoms with Gasteiger partial charge in [-0.2, -0.15) is 0 Å². The van der Waals surface area contributed by atoms with Crippen LogP contribution in [0.15, 0.2) is 279 Å². The normalized spacial score (nSPS) is 13.7. The first-order valence-corrected chi connectivity index (χ1v) is 27.3. The zero-order valence-corrected chi connectivity index (χ0v) is 43.5. The average Bonchev–Trinajstić information content (AvgIpc) is 3.75. The third-order valence-corrected chi connectivity index (χ3v) is 17.6. The molecule has 366 valence electrons. The maximum absolute atomic E-state index is 2.51. The molecule has 1 heterocycles. The van der Waals surface area contributed by atoms with Gasteiger partial charge in [0.25, 0.3) is 0 Å². The largest absolute Gasteiger partial charge is 0.310 e. The summed E-state index contributed by atoms with van der Waals surface area (Å²) in [6.07, 6.45) is 0. The second-order valence-electron chi connectivity index (χ2n) is 22.0. The highest BCUT2D eigenvalue weighted by molar-refractivity contribution is 6.11. The number of para-hydroxylation sites is 2. The van der Waals surface area contributed by atoms with Crippen molar-refractivity contribution in [2.24, 2.45) is 0 Å². The predicted octanol–water partition coefficient (Wildman–Crippen LogP) is 19.9. The lowest BCUT2D eigenvalue weighted by Crippen LogP contribution is -2.26. The lowest BCUT2D eigenvalue weighted by atomic mass is 9.70. The standard InChI is InChI=1S/C76H52N2/c1-75(2)68-41-42-69-74(62-29-14-18-32-67(62)76(69)65-30-16-12-26-59(65)60-27-13-17-31-66(60)76)73(68)63-40-36-52(47-70(63)75)54-44-53(50-22-8-4-9-23-50)45-58(46-54)77(56-37-34-51(35-38-56)49-20-6-3-7-21-49)57-39-43-72-64(48-57)61-28-15-19-33-71(61)78(72)55-24-10-5-11-25-55/h3-48H,1-2H3. The molecule has 13 aromatic rings. The van der Waals surface area contributed by atoms with Gasteiger partial charge < -0.3 is 9.47 Å². The summed E-state index contributed by atoms with van der Waals surface area (Å²) < 4.78 is 2.40. The van der Waals surface area contributed by atoms with Crippen molar-refractivity contribution in [2.75, 3.05) is 4.90 Å². The lowest BCUT2D eigenvalue weighted by Gasteiger charge is -2.31. The molecule has 3 aliphatic carbocycles. The number of anilines is 3. The first-order valence-electron chi connectivity index (χ1n) is 27.3. The highest BCUT2D eigenvalue weighted by Crippen LogP contribution is 2.66. The summed E-state index contributed by atoms with van der Waals surface area (Å²) in [5.74, 6) is 0. The van der Waals surface area contributed by atoms with Gasteiger partial charge in [0.05, 0.1) is 16.4 Å². The van der Waals surface area contributed by atoms with Crippen LogP contribution in [0.3, 0.4) is 0 Å². The van der Waals surface area contributed by atoms with Crippen molar-refractivity contribution in [3.8, 4) is 72.4 Å². The molecule has 2 heteroatoms. The minimum absolute atomic E-state index is 0.257. The topological polar surface area (TPSA) is 8.17 Å². The van der Waals surface area contributed by atoms with E-state index < -0.39 is 5.41 Å². The second kappa shape index (κ2) is 16.9. The zero-order chi connectivity index (χ0) is 51.7. The van der Waals surface area contributed by atoms with E-state index in [-0.39, 0.29) is 5.41 Å². The Kier molecular flexibility index (Phi) is 9.63. The first kappa shape index (κ1) is 44.5. The zero-order valence-electron chi connectivity index (χ0n) is 43.5. The average molecular weight is 993 g/mol. The highest BCUT2D eigenvalue weighted by atomic mass is 15.1. The van der Waals surface area contributed by atoms with Gasteiger partial charge in [0.15, 0.2) is 0 Å². The summed E-state index contributed by atoms with van der Waals surface area (Å²) in [6.45, 7) is 4.87. The Morgan fingerprint density at radius 3 is 1.46 bits per heavy atom. The molecule has 0 radical (unpaired) electrons. The quantitative estimate of drug-likeness (QED) is 0.154. The number of hydrogen-bond acceptors (Lipinski definition) is 1. The molecule has 1 aromatic heterocycles. The van der Waals surface area contributed by atoms with Crippen molar-refractivity contribution >= 4 is 38.9 Å². The van der Waals surface area contributed by atoms with Crippen LogP contribution in [0.2, 0.25) is 0 Å². The Hall–Kier alpha value is -9.76. The van der Waals surface area contributed by atoms with Gasteiger partial charge >= 0.3 is 0 Å². The molecule has 0 atom stereocenters. The number of benzene rings is 12. The molecule has 3 aliphatic rings. The maximum atomic E-state index is 2.51. The summed E-state index contributed by atoms with van der Waals surface area (Å²) in [6, 6.07) is 104. The molecule has 16 rings (SSSR count). The maximum Gasteiger partial charge on any atom is 0.0725 e. The van der Waals surface area contributed by atoms with Crippen LogP contribution in [0.1, 0.15) is 47.2 Å². The molecule has 0 saturated carbocycles. The van der Waals surface area contributed by atoms with Gasteiger partial charge in [-0.1, -0.05) is 220 Å². The molecule has 0 amide bonds. The predicted molar refractivity (Wildman–Crippen MR) is 326 cm³/mol. The van der Waals surface area contributed by atoms with Crippen LogP contribution in [0.4, 0.5) is 17.1 Å². The van der Waals surface area contributed by atoms with E-state index in [4.69, 9.17) is 0 Å². The van der Waals surface area contributed by atoms with Crippen molar-refractivity contribution in [1.82, 2.24) is 4.57 Å². The van der Waals surface area contributed by atoms with Crippen LogP contribution in [0, 0.1) is 0 Å². The van der Waals surface area contributed by atoms with Gasteiger partial charge in [0.1, 0.15) is 0 Å². The van der Waals surface area contributed by atoms with Crippen LogP contribution in [0.5, 0.6) is 0 Å². The van der Waals surface area contributed by atoms with Crippen LogP contribution >= 0.6 is 0 Å². The smallest absolute Gasteiger partial charge is 0.0725 e. The van der Waals surface area contributed by atoms with E-state index in [9.17, 15) is 0 Å². The molecule has 0 fully saturated rings. The SMILES string of the molecule is CC1(C)c2cc(-c3cc(-c4ccccc4)cc(N(c4ccc(-c5ccccc5)cc4)c4ccc5c(c4)c4ccccc4n5-c4ccccc4)c3)ccc2-c2c1ccc1c2-c2ccccc2C12c1ccccc1-c1ccccc12. The molecule has 12 aromatic carbocycles. The molecular formula is C76H52N2. The van der Waals surface area contributed by atoms with E-state index >= 15 is 0 Å². The monoisotopic (exact) mass is 992 g/mol. The Bertz CT molecular complexity index is 4520. The lowest BCUT2D eigenvalue weighted by molar-refractivity contribution is 0.660. The van der Waals surface area contributed by atoms with Crippen LogP contribution in [0.25, 0.3) is 94.3 Å². The fourth-order valence-corrected chi connectivity index (χ4v) is 14.1. The van der Waals surface area contributed by atoms with E-state index in [1.54, 1.807) is 0 Å². The van der Waals surface area contributed by atoms with Gasteiger partial charge in [-0.15, -0.1) is 0 Å². The van der Waals surface area contributed by atoms with Gasteiger partial charge in [-0.3, -0.25) is 0 Å². The third-order valence-electron chi connectivity index (χ3n) is 17.6. The summed E-state index contributed by atoms with van der Waals surface area (Å²) >= 11 is 0. The van der Waals surface area contributed by atoms with Crippen molar-refractivity contribution in [1.29, 1.82) is 0 Å². The molecular weight excluding hydrogens is 941 g/mol. The number of fused-ring (bicyclic) bond motifs is 17. The number of hydrogen-bond donors (Lipinski definition) is 0. The third kappa shape index (κ3) is 6.32. The minimum Gasteiger partial charge on any atom is -0.310 e. The Morgan fingerprint density at radius 1 is 0.282 bits per heavy atom. The molecule has 78 heavy (non-hydrogen) atoms. The van der Waals surface area contributed by atoms with Gasteiger partial charge in [-0.25, -0.2) is 0 Å². The summed E-state index contributed by atoms with van der Waals surface area (Å²) in [4.78, 5) is 2.46. The molecule has 0 N–H and O–H groups in total. The molecule has 0 aliphatic heterocycles. The Balaban J connectivity index is 0.892. The Labute approximate surface area is 455 Å². The van der Waals surface area contributed by atoms with Crippen molar-refractivity contribution in [2.45, 2.75) is 24.7 Å². The van der Waals surface area contributed by atoms with E-state index in [2.05, 4.69) is 302 Å². The molecule has 1 spiro atoms. The molecule has 0 bridgehead atoms. The van der Waals surface area contributed by atoms with E-state index in [1.165, 1.54) is 116 Å². The van der Waals surface area contributed by atoms with Crippen molar-refractivity contribution < 1.29 is 0 Å². The summed E-state index contributed by atoms with van der Waals surface area (Å²) in [5, 5.41) is 2.43. The number of aromatic nitrogens is 1. The highest BCUT2D eigenvalue weighted by Gasteiger charge is 2.53. The summed E-state index contributed by atoms with van der Waals surface area (Å²) in [5.41, 5.74) is 29.5. The van der Waals surface area contributed by atoms with Gasteiger partial charge in [0, 0.05) is 38.9 Å². The molecule has 0 saturated heterocycles. The second-order valence-corrected chi connectivity index (χ2v) is 22.0. The number of rotatable bonds is 7. The van der Waals surface area contributed by atoms with Crippen molar-refractivity contribution in [3.05, 3.63) is 312 Å². The molecule has 2 nitrogen and oxygen atoms in total.